The Morgan fingerprint density at radius 2 is 1.79 bits per heavy atom. The second kappa shape index (κ2) is 8.53. The van der Waals surface area contributed by atoms with Crippen LogP contribution in [0.1, 0.15) is 41.2 Å². The van der Waals surface area contributed by atoms with Crippen molar-refractivity contribution in [3.63, 3.8) is 0 Å². The first-order valence-corrected chi connectivity index (χ1v) is 10.0. The van der Waals surface area contributed by atoms with Crippen LogP contribution in [0.4, 0.5) is 5.69 Å². The molecule has 0 radical (unpaired) electrons. The maximum atomic E-state index is 12.6. The van der Waals surface area contributed by atoms with Crippen molar-refractivity contribution in [2.75, 3.05) is 31.6 Å². The molecule has 2 aromatic carbocycles. The molecule has 2 heterocycles. The van der Waals surface area contributed by atoms with Gasteiger partial charge in [0.1, 0.15) is 6.04 Å². The number of nitrogens with one attached hydrogen (secondary N) is 2. The molecule has 2 aliphatic heterocycles. The number of hydrogen-bond donors (Lipinski definition) is 3. The van der Waals surface area contributed by atoms with E-state index >= 15 is 0 Å². The van der Waals surface area contributed by atoms with E-state index < -0.39 is 5.91 Å². The van der Waals surface area contributed by atoms with E-state index in [9.17, 15) is 9.59 Å². The van der Waals surface area contributed by atoms with Crippen molar-refractivity contribution in [1.82, 2.24) is 0 Å². The molecule has 1 unspecified atom stereocenters. The molecule has 1 saturated heterocycles. The minimum atomic E-state index is -0.484. The van der Waals surface area contributed by atoms with E-state index in [4.69, 9.17) is 15.2 Å². The number of quaternary nitrogens is 1. The minimum absolute atomic E-state index is 0.0481. The highest BCUT2D eigenvalue weighted by molar-refractivity contribution is 5.95. The molecular weight excluding hydrogens is 370 g/mol. The summed E-state index contributed by atoms with van der Waals surface area (Å²) in [6.45, 7) is 2.67. The molecule has 2 aliphatic rings. The number of benzene rings is 2. The lowest BCUT2D eigenvalue weighted by Crippen LogP contribution is -3.11. The van der Waals surface area contributed by atoms with Crippen LogP contribution in [0.15, 0.2) is 42.5 Å². The van der Waals surface area contributed by atoms with Crippen molar-refractivity contribution >= 4 is 17.5 Å². The van der Waals surface area contributed by atoms with Crippen LogP contribution in [0.25, 0.3) is 0 Å². The lowest BCUT2D eigenvalue weighted by Gasteiger charge is -2.22. The van der Waals surface area contributed by atoms with Crippen LogP contribution in [-0.4, -0.2) is 38.1 Å². The molecule has 2 atom stereocenters. The summed E-state index contributed by atoms with van der Waals surface area (Å²) in [5.74, 6) is 1.06. The molecule has 2 aromatic rings. The second-order valence-corrected chi connectivity index (χ2v) is 7.53. The Hall–Kier alpha value is -3.06. The van der Waals surface area contributed by atoms with Gasteiger partial charge in [0.05, 0.1) is 19.8 Å². The van der Waals surface area contributed by atoms with Gasteiger partial charge in [0.2, 0.25) is 5.91 Å². The molecule has 0 aliphatic carbocycles. The van der Waals surface area contributed by atoms with Gasteiger partial charge in [-0.3, -0.25) is 9.59 Å². The fourth-order valence-electron chi connectivity index (χ4n) is 4.05. The Morgan fingerprint density at radius 1 is 1.03 bits per heavy atom. The van der Waals surface area contributed by atoms with Crippen LogP contribution >= 0.6 is 0 Å². The van der Waals surface area contributed by atoms with Gasteiger partial charge in [-0.25, -0.2) is 0 Å². The van der Waals surface area contributed by atoms with E-state index in [1.165, 1.54) is 10.5 Å². The number of ether oxygens (including phenoxy) is 2. The van der Waals surface area contributed by atoms with Gasteiger partial charge >= 0.3 is 0 Å². The molecule has 2 amide bonds. The third kappa shape index (κ3) is 4.51. The number of rotatable bonds is 5. The summed E-state index contributed by atoms with van der Waals surface area (Å²) in [7, 11) is 0. The molecule has 4 N–H and O–H groups in total. The highest BCUT2D eigenvalue weighted by atomic mass is 16.5. The Bertz CT molecular complexity index is 897. The van der Waals surface area contributed by atoms with Crippen LogP contribution < -0.4 is 25.4 Å². The fourth-order valence-corrected chi connectivity index (χ4v) is 4.05. The minimum Gasteiger partial charge on any atom is -0.490 e. The third-order valence-electron chi connectivity index (χ3n) is 5.50. The standard InChI is InChI=1S/C22H25N3O4/c23-22(27)15-4-7-17(8-5-15)24-21(26)14-25-10-1-3-18(25)16-6-9-19-20(13-16)29-12-2-11-28-19/h4-9,13,18H,1-3,10-12,14H2,(H2,23,27)(H,24,26)/p+1/t18-/m1/s1. The smallest absolute Gasteiger partial charge is 0.279 e. The summed E-state index contributed by atoms with van der Waals surface area (Å²) in [6, 6.07) is 13.0. The van der Waals surface area contributed by atoms with E-state index in [0.717, 1.165) is 37.3 Å². The number of carbonyl (C=O) groups excluding carboxylic acids is 2. The lowest BCUT2D eigenvalue weighted by molar-refractivity contribution is -0.910. The molecule has 0 saturated carbocycles. The van der Waals surface area contributed by atoms with Gasteiger partial charge in [-0.2, -0.15) is 0 Å². The van der Waals surface area contributed by atoms with Gasteiger partial charge in [0.25, 0.3) is 5.91 Å². The molecule has 152 valence electrons. The molecule has 4 rings (SSSR count). The topological polar surface area (TPSA) is 95.1 Å². The van der Waals surface area contributed by atoms with Crippen molar-refractivity contribution in [3.8, 4) is 11.5 Å². The van der Waals surface area contributed by atoms with E-state index in [1.807, 2.05) is 6.07 Å². The number of hydrogen-bond acceptors (Lipinski definition) is 4. The summed E-state index contributed by atoms with van der Waals surface area (Å²) in [5.41, 5.74) is 7.51. The number of likely N-dealkylation sites (tertiary alicyclic amines) is 1. The zero-order valence-corrected chi connectivity index (χ0v) is 16.3. The number of amides is 2. The van der Waals surface area contributed by atoms with Crippen LogP contribution in [0.5, 0.6) is 11.5 Å². The average Bonchev–Trinajstić information content (AvgIpc) is 3.03. The summed E-state index contributed by atoms with van der Waals surface area (Å²) in [6.07, 6.45) is 3.00. The quantitative estimate of drug-likeness (QED) is 0.710. The highest BCUT2D eigenvalue weighted by Gasteiger charge is 2.32. The number of fused-ring (bicyclic) bond motifs is 1. The summed E-state index contributed by atoms with van der Waals surface area (Å²) in [5, 5.41) is 2.91. The van der Waals surface area contributed by atoms with E-state index in [-0.39, 0.29) is 11.9 Å². The van der Waals surface area contributed by atoms with E-state index in [1.54, 1.807) is 24.3 Å². The van der Waals surface area contributed by atoms with Crippen molar-refractivity contribution in [3.05, 3.63) is 53.6 Å². The highest BCUT2D eigenvalue weighted by Crippen LogP contribution is 2.33. The number of nitrogens with two attached hydrogens (primary N) is 1. The van der Waals surface area contributed by atoms with Crippen LogP contribution in [-0.2, 0) is 4.79 Å². The first-order valence-electron chi connectivity index (χ1n) is 10.0. The first kappa shape index (κ1) is 19.3. The van der Waals surface area contributed by atoms with Crippen molar-refractivity contribution < 1.29 is 24.0 Å². The molecule has 0 aromatic heterocycles. The molecule has 7 heteroatoms. The molecular formula is C22H26N3O4+. The van der Waals surface area contributed by atoms with Gasteiger partial charge in [-0.05, 0) is 42.5 Å². The van der Waals surface area contributed by atoms with Crippen LogP contribution in [0.2, 0.25) is 0 Å². The van der Waals surface area contributed by atoms with Gasteiger partial charge in [-0.1, -0.05) is 0 Å². The summed E-state index contributed by atoms with van der Waals surface area (Å²) >= 11 is 0. The number of carbonyl (C=O) groups is 2. The summed E-state index contributed by atoms with van der Waals surface area (Å²) in [4.78, 5) is 25.0. The van der Waals surface area contributed by atoms with Crippen LogP contribution in [0.3, 0.4) is 0 Å². The van der Waals surface area contributed by atoms with Crippen molar-refractivity contribution in [1.29, 1.82) is 0 Å². The predicted molar refractivity (Wildman–Crippen MR) is 108 cm³/mol. The average molecular weight is 396 g/mol. The Balaban J connectivity index is 1.41. The fraction of sp³-hybridized carbons (Fsp3) is 0.364. The van der Waals surface area contributed by atoms with Gasteiger partial charge in [0, 0.05) is 36.1 Å². The lowest BCUT2D eigenvalue weighted by atomic mass is 10.0. The SMILES string of the molecule is NC(=O)c1ccc(NC(=O)C[NH+]2CCC[C@@H]2c2ccc3c(c2)OCCCO3)cc1. The molecule has 0 bridgehead atoms. The van der Waals surface area contributed by atoms with Gasteiger partial charge in [0.15, 0.2) is 18.0 Å². The number of anilines is 1. The Morgan fingerprint density at radius 3 is 2.55 bits per heavy atom. The second-order valence-electron chi connectivity index (χ2n) is 7.53. The zero-order chi connectivity index (χ0) is 20.2. The zero-order valence-electron chi connectivity index (χ0n) is 16.3. The van der Waals surface area contributed by atoms with Gasteiger partial charge in [-0.15, -0.1) is 0 Å². The predicted octanol–water partition coefficient (Wildman–Crippen LogP) is 1.31. The molecule has 0 spiro atoms. The van der Waals surface area contributed by atoms with E-state index in [2.05, 4.69) is 17.4 Å². The Kier molecular flexibility index (Phi) is 5.67. The van der Waals surface area contributed by atoms with Crippen LogP contribution in [0, 0.1) is 0 Å². The first-order chi connectivity index (χ1) is 14.1. The Labute approximate surface area is 169 Å². The molecule has 29 heavy (non-hydrogen) atoms. The van der Waals surface area contributed by atoms with E-state index in [0.29, 0.717) is 31.0 Å². The maximum absolute atomic E-state index is 12.6. The largest absolute Gasteiger partial charge is 0.490 e. The normalized spacial score (nSPS) is 20.7. The number of primary amides is 1. The molecule has 1 fully saturated rings. The van der Waals surface area contributed by atoms with Crippen molar-refractivity contribution in [2.45, 2.75) is 25.3 Å². The maximum Gasteiger partial charge on any atom is 0.279 e. The van der Waals surface area contributed by atoms with Crippen molar-refractivity contribution in [2.24, 2.45) is 5.73 Å². The summed E-state index contributed by atoms with van der Waals surface area (Å²) < 4.78 is 11.5. The third-order valence-corrected chi connectivity index (χ3v) is 5.50. The molecule has 7 nitrogen and oxygen atoms in total. The van der Waals surface area contributed by atoms with Gasteiger partial charge < -0.3 is 25.4 Å². The monoisotopic (exact) mass is 396 g/mol.